The zero-order valence-electron chi connectivity index (χ0n) is 10.9. The van der Waals surface area contributed by atoms with E-state index in [1.807, 2.05) is 0 Å². The first-order chi connectivity index (χ1) is 9.90. The van der Waals surface area contributed by atoms with Crippen LogP contribution in [0.3, 0.4) is 0 Å². The highest BCUT2D eigenvalue weighted by atomic mass is 16.6. The molecule has 1 aliphatic heterocycles. The SMILES string of the molecule is Nc1nc(=O)n([C@H]2O[C@H](CO)[C@@H](O)[C@H](O)[C@H]2O)cc1CO. The van der Waals surface area contributed by atoms with Gasteiger partial charge in [-0.15, -0.1) is 0 Å². The number of aliphatic hydroxyl groups is 5. The number of nitrogens with zero attached hydrogens (tertiary/aromatic N) is 2. The van der Waals surface area contributed by atoms with Gasteiger partial charge in [-0.25, -0.2) is 4.79 Å². The highest BCUT2D eigenvalue weighted by Crippen LogP contribution is 2.27. The lowest BCUT2D eigenvalue weighted by Gasteiger charge is -2.40. The maximum Gasteiger partial charge on any atom is 0.351 e. The summed E-state index contributed by atoms with van der Waals surface area (Å²) in [7, 11) is 0. The van der Waals surface area contributed by atoms with Crippen molar-refractivity contribution in [2.45, 2.75) is 37.3 Å². The first-order valence-electron chi connectivity index (χ1n) is 6.19. The van der Waals surface area contributed by atoms with Crippen LogP contribution in [-0.2, 0) is 11.3 Å². The van der Waals surface area contributed by atoms with Gasteiger partial charge in [-0.3, -0.25) is 4.57 Å². The highest BCUT2D eigenvalue weighted by molar-refractivity contribution is 5.36. The molecule has 1 aromatic heterocycles. The van der Waals surface area contributed by atoms with Crippen LogP contribution in [-0.4, -0.2) is 66.1 Å². The Hall–Kier alpha value is -1.56. The fraction of sp³-hybridized carbons (Fsp3) is 0.636. The fourth-order valence-corrected chi connectivity index (χ4v) is 2.14. The molecule has 2 heterocycles. The largest absolute Gasteiger partial charge is 0.394 e. The van der Waals surface area contributed by atoms with Crippen molar-refractivity contribution in [1.82, 2.24) is 9.55 Å². The number of rotatable bonds is 3. The van der Waals surface area contributed by atoms with E-state index in [1.54, 1.807) is 0 Å². The molecule has 0 aliphatic carbocycles. The van der Waals surface area contributed by atoms with Crippen LogP contribution in [0.1, 0.15) is 11.8 Å². The predicted octanol–water partition coefficient (Wildman–Crippen LogP) is -3.71. The van der Waals surface area contributed by atoms with E-state index in [-0.39, 0.29) is 11.4 Å². The number of ether oxygens (including phenoxy) is 1. The summed E-state index contributed by atoms with van der Waals surface area (Å²) in [5.74, 6) is -0.164. The lowest BCUT2D eigenvalue weighted by Crippen LogP contribution is -2.57. The molecule has 0 aromatic carbocycles. The molecule has 2 rings (SSSR count). The normalized spacial score (nSPS) is 33.1. The maximum absolute atomic E-state index is 11.8. The predicted molar refractivity (Wildman–Crippen MR) is 67.8 cm³/mol. The van der Waals surface area contributed by atoms with Crippen molar-refractivity contribution >= 4 is 5.82 Å². The van der Waals surface area contributed by atoms with Gasteiger partial charge in [0.15, 0.2) is 6.23 Å². The van der Waals surface area contributed by atoms with Gasteiger partial charge in [0.1, 0.15) is 30.2 Å². The minimum atomic E-state index is -1.63. The Morgan fingerprint density at radius 2 is 1.90 bits per heavy atom. The third-order valence-corrected chi connectivity index (χ3v) is 3.37. The van der Waals surface area contributed by atoms with Gasteiger partial charge in [0, 0.05) is 11.8 Å². The van der Waals surface area contributed by atoms with Gasteiger partial charge in [-0.1, -0.05) is 0 Å². The van der Waals surface area contributed by atoms with E-state index in [9.17, 15) is 20.1 Å². The third kappa shape index (κ3) is 2.77. The van der Waals surface area contributed by atoms with Gasteiger partial charge < -0.3 is 36.0 Å². The number of aromatic nitrogens is 2. The molecular weight excluding hydrogens is 286 g/mol. The molecule has 0 saturated carbocycles. The van der Waals surface area contributed by atoms with Crippen LogP contribution in [0.2, 0.25) is 0 Å². The molecule has 0 amide bonds. The molecule has 0 unspecified atom stereocenters. The number of aliphatic hydroxyl groups excluding tert-OH is 5. The number of hydrogen-bond acceptors (Lipinski definition) is 9. The van der Waals surface area contributed by atoms with Gasteiger partial charge in [0.05, 0.1) is 13.2 Å². The molecular formula is C11H17N3O7. The summed E-state index contributed by atoms with van der Waals surface area (Å²) in [6, 6.07) is 0. The van der Waals surface area contributed by atoms with Gasteiger partial charge in [0.2, 0.25) is 0 Å². The van der Waals surface area contributed by atoms with E-state index in [0.29, 0.717) is 0 Å². The number of hydrogen-bond donors (Lipinski definition) is 6. The Kier molecular flexibility index (Phi) is 4.56. The van der Waals surface area contributed by atoms with E-state index in [1.165, 1.54) is 0 Å². The van der Waals surface area contributed by atoms with Crippen LogP contribution >= 0.6 is 0 Å². The second-order valence-electron chi connectivity index (χ2n) is 4.72. The van der Waals surface area contributed by atoms with Crippen molar-refractivity contribution in [3.05, 3.63) is 22.2 Å². The molecule has 1 fully saturated rings. The standard InChI is InChI=1S/C11H17N3O7/c12-9-4(2-15)1-14(11(20)13-9)10-8(19)7(18)6(17)5(3-16)21-10/h1,5-8,10,15-19H,2-3H2,(H2,12,13,20)/t5-,6-,7+,8-,10+/m1/s1. The van der Waals surface area contributed by atoms with Gasteiger partial charge in [0.25, 0.3) is 0 Å². The van der Waals surface area contributed by atoms with E-state index >= 15 is 0 Å². The molecule has 5 atom stereocenters. The van der Waals surface area contributed by atoms with Gasteiger partial charge in [-0.05, 0) is 0 Å². The van der Waals surface area contributed by atoms with Crippen molar-refractivity contribution in [3.63, 3.8) is 0 Å². The quantitative estimate of drug-likeness (QED) is 0.328. The fourth-order valence-electron chi connectivity index (χ4n) is 2.14. The van der Waals surface area contributed by atoms with Crippen molar-refractivity contribution in [3.8, 4) is 0 Å². The summed E-state index contributed by atoms with van der Waals surface area (Å²) in [5.41, 5.74) is 4.72. The van der Waals surface area contributed by atoms with Crippen LogP contribution in [0, 0.1) is 0 Å². The monoisotopic (exact) mass is 303 g/mol. The molecule has 7 N–H and O–H groups in total. The molecule has 0 spiro atoms. The smallest absolute Gasteiger partial charge is 0.351 e. The van der Waals surface area contributed by atoms with Crippen molar-refractivity contribution < 1.29 is 30.3 Å². The minimum absolute atomic E-state index is 0.131. The summed E-state index contributed by atoms with van der Waals surface area (Å²) in [6.45, 7) is -1.11. The molecule has 1 aromatic rings. The minimum Gasteiger partial charge on any atom is -0.394 e. The Labute approximate surface area is 118 Å². The second-order valence-corrected chi connectivity index (χ2v) is 4.72. The van der Waals surface area contributed by atoms with Crippen molar-refractivity contribution in [2.24, 2.45) is 0 Å². The number of nitrogen functional groups attached to an aromatic ring is 1. The molecule has 21 heavy (non-hydrogen) atoms. The van der Waals surface area contributed by atoms with E-state index in [4.69, 9.17) is 20.7 Å². The summed E-state index contributed by atoms with van der Waals surface area (Å²) >= 11 is 0. The Balaban J connectivity index is 2.43. The second kappa shape index (κ2) is 6.05. The maximum atomic E-state index is 11.8. The number of anilines is 1. The summed E-state index contributed by atoms with van der Waals surface area (Å²) in [6.07, 6.45) is -6.18. The van der Waals surface area contributed by atoms with E-state index in [2.05, 4.69) is 4.98 Å². The average Bonchev–Trinajstić information content (AvgIpc) is 2.46. The summed E-state index contributed by atoms with van der Waals surface area (Å²) in [4.78, 5) is 15.3. The summed E-state index contributed by atoms with van der Waals surface area (Å²) < 4.78 is 6.06. The topological polar surface area (TPSA) is 171 Å². The Morgan fingerprint density at radius 3 is 2.48 bits per heavy atom. The van der Waals surface area contributed by atoms with E-state index in [0.717, 1.165) is 10.8 Å². The first-order valence-corrected chi connectivity index (χ1v) is 6.19. The average molecular weight is 303 g/mol. The zero-order chi connectivity index (χ0) is 15.7. The Morgan fingerprint density at radius 1 is 1.24 bits per heavy atom. The Bertz CT molecular complexity index is 561. The molecule has 0 radical (unpaired) electrons. The summed E-state index contributed by atoms with van der Waals surface area (Å²) in [5, 5.41) is 47.5. The van der Waals surface area contributed by atoms with Crippen LogP contribution < -0.4 is 11.4 Å². The lowest BCUT2D eigenvalue weighted by molar-refractivity contribution is -0.252. The molecule has 0 bridgehead atoms. The van der Waals surface area contributed by atoms with Crippen molar-refractivity contribution in [2.75, 3.05) is 12.3 Å². The van der Waals surface area contributed by atoms with Crippen LogP contribution in [0.5, 0.6) is 0 Å². The lowest BCUT2D eigenvalue weighted by atomic mass is 9.98. The molecule has 1 saturated heterocycles. The zero-order valence-corrected chi connectivity index (χ0v) is 10.9. The van der Waals surface area contributed by atoms with Gasteiger partial charge >= 0.3 is 5.69 Å². The molecule has 10 heteroatoms. The molecule has 1 aliphatic rings. The molecule has 118 valence electrons. The highest BCUT2D eigenvalue weighted by Gasteiger charge is 2.44. The van der Waals surface area contributed by atoms with Crippen LogP contribution in [0.25, 0.3) is 0 Å². The van der Waals surface area contributed by atoms with Gasteiger partial charge in [-0.2, -0.15) is 4.98 Å². The van der Waals surface area contributed by atoms with Crippen LogP contribution in [0.4, 0.5) is 5.82 Å². The number of nitrogens with two attached hydrogens (primary N) is 1. The molecule has 10 nitrogen and oxygen atoms in total. The van der Waals surface area contributed by atoms with Crippen molar-refractivity contribution in [1.29, 1.82) is 0 Å². The van der Waals surface area contributed by atoms with Crippen LogP contribution in [0.15, 0.2) is 11.0 Å². The third-order valence-electron chi connectivity index (χ3n) is 3.37. The first kappa shape index (κ1) is 15.8. The van der Waals surface area contributed by atoms with E-state index < -0.39 is 49.5 Å².